The summed E-state index contributed by atoms with van der Waals surface area (Å²) in [5.74, 6) is 0.273. The summed E-state index contributed by atoms with van der Waals surface area (Å²) in [4.78, 5) is 27.6. The molecule has 0 bridgehead atoms. The molecule has 1 aromatic carbocycles. The van der Waals surface area contributed by atoms with Crippen molar-refractivity contribution in [3.8, 4) is 0 Å². The van der Waals surface area contributed by atoms with Crippen LogP contribution in [0.5, 0.6) is 0 Å². The first kappa shape index (κ1) is 14.6. The zero-order valence-corrected chi connectivity index (χ0v) is 12.3. The minimum absolute atomic E-state index is 0.0598. The molecule has 108 valence electrons. The second-order valence-corrected chi connectivity index (χ2v) is 5.10. The summed E-state index contributed by atoms with van der Waals surface area (Å²) in [5, 5.41) is 0. The molecule has 20 heavy (non-hydrogen) atoms. The van der Waals surface area contributed by atoms with E-state index in [4.69, 9.17) is 0 Å². The summed E-state index contributed by atoms with van der Waals surface area (Å²) in [6.07, 6.45) is 1.59. The first-order chi connectivity index (χ1) is 9.65. The second kappa shape index (κ2) is 6.55. The van der Waals surface area contributed by atoms with E-state index in [9.17, 15) is 9.59 Å². The Morgan fingerprint density at radius 2 is 2.05 bits per heavy atom. The summed E-state index contributed by atoms with van der Waals surface area (Å²) < 4.78 is 0. The highest BCUT2D eigenvalue weighted by molar-refractivity contribution is 5.94. The Morgan fingerprint density at radius 1 is 1.30 bits per heavy atom. The topological polar surface area (TPSA) is 40.6 Å². The lowest BCUT2D eigenvalue weighted by Gasteiger charge is -2.20. The zero-order valence-electron chi connectivity index (χ0n) is 12.3. The van der Waals surface area contributed by atoms with Crippen molar-refractivity contribution in [3.05, 3.63) is 35.4 Å². The molecule has 1 saturated heterocycles. The molecule has 2 amide bonds. The average Bonchev–Trinajstić information content (AvgIpc) is 2.86. The summed E-state index contributed by atoms with van der Waals surface area (Å²) in [6, 6.07) is 7.62. The Balaban J connectivity index is 2.11. The average molecular weight is 274 g/mol. The highest BCUT2D eigenvalue weighted by Crippen LogP contribution is 2.16. The molecule has 0 aliphatic carbocycles. The van der Waals surface area contributed by atoms with Crippen molar-refractivity contribution < 1.29 is 9.59 Å². The SMILES string of the molecule is CCN(CC)C(=O)c1cccc(CN2CCCC2=O)c1. The molecule has 4 heteroatoms. The van der Waals surface area contributed by atoms with Crippen LogP contribution in [-0.4, -0.2) is 41.2 Å². The number of nitrogens with zero attached hydrogens (tertiary/aromatic N) is 2. The summed E-state index contributed by atoms with van der Waals surface area (Å²) >= 11 is 0. The maximum atomic E-state index is 12.3. The molecule has 1 fully saturated rings. The first-order valence-electron chi connectivity index (χ1n) is 7.31. The number of likely N-dealkylation sites (tertiary alicyclic amines) is 1. The number of amides is 2. The van der Waals surface area contributed by atoms with Gasteiger partial charge >= 0.3 is 0 Å². The van der Waals surface area contributed by atoms with Gasteiger partial charge in [-0.05, 0) is 38.0 Å². The Bertz CT molecular complexity index is 495. The molecule has 4 nitrogen and oxygen atoms in total. The molecular weight excluding hydrogens is 252 g/mol. The predicted molar refractivity (Wildman–Crippen MR) is 78.3 cm³/mol. The predicted octanol–water partition coefficient (Wildman–Crippen LogP) is 2.29. The third-order valence-electron chi connectivity index (χ3n) is 3.77. The van der Waals surface area contributed by atoms with E-state index in [1.54, 1.807) is 4.90 Å². The van der Waals surface area contributed by atoms with Crippen LogP contribution in [0.1, 0.15) is 42.6 Å². The number of carbonyl (C=O) groups is 2. The highest BCUT2D eigenvalue weighted by atomic mass is 16.2. The van der Waals surface area contributed by atoms with E-state index in [1.165, 1.54) is 0 Å². The van der Waals surface area contributed by atoms with E-state index in [1.807, 2.05) is 43.0 Å². The quantitative estimate of drug-likeness (QED) is 0.826. The summed E-state index contributed by atoms with van der Waals surface area (Å²) in [7, 11) is 0. The van der Waals surface area contributed by atoms with Gasteiger partial charge in [0, 0.05) is 38.2 Å². The van der Waals surface area contributed by atoms with Gasteiger partial charge in [0.1, 0.15) is 0 Å². The van der Waals surface area contributed by atoms with Gasteiger partial charge in [-0.3, -0.25) is 9.59 Å². The van der Waals surface area contributed by atoms with Gasteiger partial charge in [0.2, 0.25) is 5.91 Å². The molecule has 0 aromatic heterocycles. The normalized spacial score (nSPS) is 14.7. The van der Waals surface area contributed by atoms with E-state index >= 15 is 0 Å². The summed E-state index contributed by atoms with van der Waals surface area (Å²) in [6.45, 7) is 6.82. The van der Waals surface area contributed by atoms with Crippen molar-refractivity contribution in [1.29, 1.82) is 0 Å². The lowest BCUT2D eigenvalue weighted by molar-refractivity contribution is -0.128. The molecule has 0 radical (unpaired) electrons. The van der Waals surface area contributed by atoms with E-state index in [-0.39, 0.29) is 11.8 Å². The molecule has 1 heterocycles. The van der Waals surface area contributed by atoms with E-state index < -0.39 is 0 Å². The maximum Gasteiger partial charge on any atom is 0.253 e. The van der Waals surface area contributed by atoms with Crippen LogP contribution in [0.2, 0.25) is 0 Å². The van der Waals surface area contributed by atoms with Crippen LogP contribution < -0.4 is 0 Å². The highest BCUT2D eigenvalue weighted by Gasteiger charge is 2.20. The van der Waals surface area contributed by atoms with Crippen molar-refractivity contribution >= 4 is 11.8 Å². The summed E-state index contributed by atoms with van der Waals surface area (Å²) in [5.41, 5.74) is 1.73. The molecule has 0 unspecified atom stereocenters. The van der Waals surface area contributed by atoms with Crippen molar-refractivity contribution in [2.24, 2.45) is 0 Å². The molecule has 1 aliphatic rings. The number of benzene rings is 1. The molecule has 0 saturated carbocycles. The molecule has 1 aliphatic heterocycles. The van der Waals surface area contributed by atoms with Crippen molar-refractivity contribution in [2.75, 3.05) is 19.6 Å². The maximum absolute atomic E-state index is 12.3. The van der Waals surface area contributed by atoms with Crippen LogP contribution in [0.4, 0.5) is 0 Å². The zero-order chi connectivity index (χ0) is 14.5. The van der Waals surface area contributed by atoms with Crippen molar-refractivity contribution in [1.82, 2.24) is 9.80 Å². The standard InChI is InChI=1S/C16H22N2O2/c1-3-17(4-2)16(20)14-8-5-7-13(11-14)12-18-10-6-9-15(18)19/h5,7-8,11H,3-4,6,9-10,12H2,1-2H3. The van der Waals surface area contributed by atoms with E-state index in [0.29, 0.717) is 31.6 Å². The van der Waals surface area contributed by atoms with Crippen LogP contribution in [0, 0.1) is 0 Å². The van der Waals surface area contributed by atoms with Crippen molar-refractivity contribution in [2.45, 2.75) is 33.2 Å². The third-order valence-corrected chi connectivity index (χ3v) is 3.77. The first-order valence-corrected chi connectivity index (χ1v) is 7.31. The van der Waals surface area contributed by atoms with Crippen LogP contribution in [0.15, 0.2) is 24.3 Å². The Kier molecular flexibility index (Phi) is 4.77. The van der Waals surface area contributed by atoms with Gasteiger partial charge < -0.3 is 9.80 Å². The monoisotopic (exact) mass is 274 g/mol. The molecule has 2 rings (SSSR count). The Morgan fingerprint density at radius 3 is 2.65 bits per heavy atom. The lowest BCUT2D eigenvalue weighted by Crippen LogP contribution is -2.30. The van der Waals surface area contributed by atoms with Gasteiger partial charge in [-0.15, -0.1) is 0 Å². The van der Waals surface area contributed by atoms with Gasteiger partial charge in [0.05, 0.1) is 0 Å². The number of hydrogen-bond acceptors (Lipinski definition) is 2. The molecule has 1 aromatic rings. The van der Waals surface area contributed by atoms with Crippen LogP contribution in [-0.2, 0) is 11.3 Å². The second-order valence-electron chi connectivity index (χ2n) is 5.10. The van der Waals surface area contributed by atoms with Crippen LogP contribution in [0.25, 0.3) is 0 Å². The smallest absolute Gasteiger partial charge is 0.253 e. The van der Waals surface area contributed by atoms with Gasteiger partial charge in [0.25, 0.3) is 5.91 Å². The van der Waals surface area contributed by atoms with Crippen LogP contribution >= 0.6 is 0 Å². The molecule has 0 atom stereocenters. The minimum atomic E-state index is 0.0598. The van der Waals surface area contributed by atoms with Gasteiger partial charge in [-0.2, -0.15) is 0 Å². The van der Waals surface area contributed by atoms with Gasteiger partial charge in [-0.25, -0.2) is 0 Å². The molecule has 0 spiro atoms. The largest absolute Gasteiger partial charge is 0.339 e. The molecular formula is C16H22N2O2. The molecule has 0 N–H and O–H groups in total. The Labute approximate surface area is 120 Å². The number of hydrogen-bond donors (Lipinski definition) is 0. The van der Waals surface area contributed by atoms with Crippen LogP contribution in [0.3, 0.4) is 0 Å². The minimum Gasteiger partial charge on any atom is -0.339 e. The van der Waals surface area contributed by atoms with E-state index in [0.717, 1.165) is 18.5 Å². The lowest BCUT2D eigenvalue weighted by atomic mass is 10.1. The van der Waals surface area contributed by atoms with E-state index in [2.05, 4.69) is 0 Å². The Hall–Kier alpha value is -1.84. The fourth-order valence-electron chi connectivity index (χ4n) is 2.59. The van der Waals surface area contributed by atoms with Gasteiger partial charge in [0.15, 0.2) is 0 Å². The fraction of sp³-hybridized carbons (Fsp3) is 0.500. The fourth-order valence-corrected chi connectivity index (χ4v) is 2.59. The number of carbonyl (C=O) groups excluding carboxylic acids is 2. The van der Waals surface area contributed by atoms with Crippen molar-refractivity contribution in [3.63, 3.8) is 0 Å². The third kappa shape index (κ3) is 3.18. The number of rotatable bonds is 5. The van der Waals surface area contributed by atoms with Gasteiger partial charge in [-0.1, -0.05) is 12.1 Å².